The van der Waals surface area contributed by atoms with E-state index in [1.807, 2.05) is 30.3 Å². The molecule has 0 aromatic heterocycles. The number of halogens is 4. The molecule has 1 saturated heterocycles. The molecule has 1 fully saturated rings. The number of rotatable bonds is 3. The van der Waals surface area contributed by atoms with Gasteiger partial charge in [-0.1, -0.05) is 42.5 Å². The molecule has 0 N–H and O–H groups in total. The summed E-state index contributed by atoms with van der Waals surface area (Å²) in [7, 11) is 0. The number of hydrogen-bond donors (Lipinski definition) is 0. The number of fused-ring (bicyclic) bond motifs is 2. The Kier molecular flexibility index (Phi) is 5.51. The molecule has 0 aliphatic carbocycles. The number of nitrogens with zero attached hydrogens (tertiary/aromatic N) is 1. The van der Waals surface area contributed by atoms with Crippen molar-refractivity contribution in [2.45, 2.75) is 31.3 Å². The fourth-order valence-electron chi connectivity index (χ4n) is 3.91. The molecule has 2 aromatic rings. The highest BCUT2D eigenvalue weighted by molar-refractivity contribution is 5.76. The third kappa shape index (κ3) is 4.18. The first-order chi connectivity index (χ1) is 14.3. The van der Waals surface area contributed by atoms with Crippen molar-refractivity contribution in [3.63, 3.8) is 0 Å². The lowest BCUT2D eigenvalue weighted by molar-refractivity contribution is -0.138. The monoisotopic (exact) mass is 421 g/mol. The van der Waals surface area contributed by atoms with Crippen molar-refractivity contribution >= 4 is 11.7 Å². The molecule has 0 radical (unpaired) electrons. The molecular formula is C22H19F4NO3. The Morgan fingerprint density at radius 2 is 1.90 bits per heavy atom. The normalized spacial score (nSPS) is 21.2. The highest BCUT2D eigenvalue weighted by Crippen LogP contribution is 2.40. The van der Waals surface area contributed by atoms with Crippen LogP contribution in [0.5, 0.6) is 0 Å². The molecule has 8 heteroatoms. The van der Waals surface area contributed by atoms with Crippen LogP contribution in [0, 0.1) is 5.82 Å². The summed E-state index contributed by atoms with van der Waals surface area (Å²) in [5.74, 6) is -0.947. The Hall–Kier alpha value is -2.87. The van der Waals surface area contributed by atoms with E-state index in [4.69, 9.17) is 9.47 Å². The van der Waals surface area contributed by atoms with Gasteiger partial charge in [-0.3, -0.25) is 4.90 Å². The summed E-state index contributed by atoms with van der Waals surface area (Å²) in [6.45, 7) is 0.447. The average molecular weight is 421 g/mol. The van der Waals surface area contributed by atoms with Crippen LogP contribution in [0.2, 0.25) is 0 Å². The second-order valence-corrected chi connectivity index (χ2v) is 7.29. The van der Waals surface area contributed by atoms with Crippen LogP contribution in [0.1, 0.15) is 23.1 Å². The Morgan fingerprint density at radius 1 is 1.13 bits per heavy atom. The Balaban J connectivity index is 1.58. The van der Waals surface area contributed by atoms with E-state index in [9.17, 15) is 22.4 Å². The van der Waals surface area contributed by atoms with Crippen molar-refractivity contribution in [3.05, 3.63) is 77.1 Å². The molecule has 2 atom stereocenters. The van der Waals surface area contributed by atoms with Crippen LogP contribution in [-0.4, -0.2) is 36.3 Å². The first-order valence-electron chi connectivity index (χ1n) is 9.47. The third-order valence-corrected chi connectivity index (χ3v) is 5.25. The molecule has 2 aliphatic heterocycles. The molecular weight excluding hydrogens is 402 g/mol. The van der Waals surface area contributed by atoms with Crippen LogP contribution < -0.4 is 0 Å². The Labute approximate surface area is 170 Å². The van der Waals surface area contributed by atoms with Crippen LogP contribution in [-0.2, 0) is 22.3 Å². The van der Waals surface area contributed by atoms with E-state index in [-0.39, 0.29) is 31.8 Å². The number of amides is 1. The van der Waals surface area contributed by atoms with E-state index < -0.39 is 35.7 Å². The molecule has 0 saturated carbocycles. The molecule has 158 valence electrons. The zero-order valence-corrected chi connectivity index (χ0v) is 15.9. The molecule has 2 bridgehead atoms. The van der Waals surface area contributed by atoms with Crippen LogP contribution in [0.4, 0.5) is 22.4 Å². The smallest absolute Gasteiger partial charge is 0.417 e. The van der Waals surface area contributed by atoms with E-state index in [2.05, 4.69) is 0 Å². The van der Waals surface area contributed by atoms with Crippen molar-refractivity contribution in [3.8, 4) is 0 Å². The van der Waals surface area contributed by atoms with Crippen LogP contribution in [0.25, 0.3) is 5.57 Å². The molecule has 2 aromatic carbocycles. The van der Waals surface area contributed by atoms with Crippen molar-refractivity contribution in [1.82, 2.24) is 4.90 Å². The molecule has 2 heterocycles. The largest absolute Gasteiger partial charge is 0.445 e. The minimum Gasteiger partial charge on any atom is -0.445 e. The number of carbonyl (C=O) groups is 1. The molecule has 2 aliphatic rings. The maximum atomic E-state index is 13.5. The third-order valence-electron chi connectivity index (χ3n) is 5.25. The Bertz CT molecular complexity index is 959. The van der Waals surface area contributed by atoms with Gasteiger partial charge < -0.3 is 9.47 Å². The topological polar surface area (TPSA) is 38.8 Å². The summed E-state index contributed by atoms with van der Waals surface area (Å²) in [5.41, 5.74) is 0.167. The van der Waals surface area contributed by atoms with Gasteiger partial charge >= 0.3 is 12.3 Å². The fraction of sp³-hybridized carbons (Fsp3) is 0.318. The van der Waals surface area contributed by atoms with Crippen molar-refractivity contribution < 1.29 is 31.8 Å². The molecule has 30 heavy (non-hydrogen) atoms. The van der Waals surface area contributed by atoms with E-state index in [1.165, 1.54) is 4.90 Å². The quantitative estimate of drug-likeness (QED) is 0.652. The lowest BCUT2D eigenvalue weighted by Gasteiger charge is -2.44. The SMILES string of the molecule is O=C(OCc1ccccc1)N1C2C=C(c3ccc(F)cc3C(F)(F)F)CC1COC2. The average Bonchev–Trinajstić information content (AvgIpc) is 2.71. The number of ether oxygens (including phenoxy) is 2. The molecule has 1 amide bonds. The zero-order valence-electron chi connectivity index (χ0n) is 15.9. The second-order valence-electron chi connectivity index (χ2n) is 7.29. The highest BCUT2D eigenvalue weighted by Gasteiger charge is 2.41. The van der Waals surface area contributed by atoms with Crippen molar-refractivity contribution in [1.29, 1.82) is 0 Å². The standard InChI is InChI=1S/C22H19F4NO3/c23-16-6-7-19(20(10-16)22(24,25)26)15-8-17-12-29-13-18(9-15)27(17)21(28)30-11-14-4-2-1-3-5-14/h1-8,10,17-18H,9,11-13H2. The van der Waals surface area contributed by atoms with Gasteiger partial charge in [0.15, 0.2) is 0 Å². The number of carbonyl (C=O) groups excluding carboxylic acids is 1. The molecule has 4 nitrogen and oxygen atoms in total. The van der Waals surface area contributed by atoms with Gasteiger partial charge in [0, 0.05) is 0 Å². The first kappa shape index (κ1) is 20.4. The summed E-state index contributed by atoms with van der Waals surface area (Å²) in [4.78, 5) is 14.2. The van der Waals surface area contributed by atoms with Crippen molar-refractivity contribution in [2.24, 2.45) is 0 Å². The second kappa shape index (κ2) is 8.10. The summed E-state index contributed by atoms with van der Waals surface area (Å²) >= 11 is 0. The van der Waals surface area contributed by atoms with Crippen LogP contribution >= 0.6 is 0 Å². The van der Waals surface area contributed by atoms with E-state index in [0.717, 1.165) is 17.7 Å². The lowest BCUT2D eigenvalue weighted by atomic mass is 9.87. The van der Waals surface area contributed by atoms with Gasteiger partial charge in [0.25, 0.3) is 0 Å². The van der Waals surface area contributed by atoms with Gasteiger partial charge in [-0.05, 0) is 35.3 Å². The summed E-state index contributed by atoms with van der Waals surface area (Å²) < 4.78 is 64.7. The van der Waals surface area contributed by atoms with Gasteiger partial charge in [-0.2, -0.15) is 13.2 Å². The fourth-order valence-corrected chi connectivity index (χ4v) is 3.91. The van der Waals surface area contributed by atoms with E-state index >= 15 is 0 Å². The Morgan fingerprint density at radius 3 is 2.60 bits per heavy atom. The zero-order chi connectivity index (χ0) is 21.3. The van der Waals surface area contributed by atoms with E-state index in [0.29, 0.717) is 11.6 Å². The number of morpholine rings is 1. The van der Waals surface area contributed by atoms with Crippen LogP contribution in [0.3, 0.4) is 0 Å². The number of benzene rings is 2. The first-order valence-corrected chi connectivity index (χ1v) is 9.47. The van der Waals surface area contributed by atoms with Gasteiger partial charge in [-0.25, -0.2) is 9.18 Å². The summed E-state index contributed by atoms with van der Waals surface area (Å²) in [6, 6.07) is 10.8. The number of hydrogen-bond acceptors (Lipinski definition) is 3. The molecule has 4 rings (SSSR count). The number of alkyl halides is 3. The van der Waals surface area contributed by atoms with Gasteiger partial charge in [0.2, 0.25) is 0 Å². The summed E-state index contributed by atoms with van der Waals surface area (Å²) in [6.07, 6.45) is -3.48. The maximum absolute atomic E-state index is 13.5. The van der Waals surface area contributed by atoms with Gasteiger partial charge in [0.1, 0.15) is 12.4 Å². The van der Waals surface area contributed by atoms with Crippen molar-refractivity contribution in [2.75, 3.05) is 13.2 Å². The maximum Gasteiger partial charge on any atom is 0.417 e. The minimum atomic E-state index is -4.68. The van der Waals surface area contributed by atoms with Gasteiger partial charge in [0.05, 0.1) is 30.9 Å². The highest BCUT2D eigenvalue weighted by atomic mass is 19.4. The minimum absolute atomic E-state index is 0.0712. The lowest BCUT2D eigenvalue weighted by Crippen LogP contribution is -2.56. The van der Waals surface area contributed by atoms with E-state index in [1.54, 1.807) is 6.08 Å². The summed E-state index contributed by atoms with van der Waals surface area (Å²) in [5, 5.41) is 0. The predicted octanol–water partition coefficient (Wildman–Crippen LogP) is 5.04. The van der Waals surface area contributed by atoms with Gasteiger partial charge in [-0.15, -0.1) is 0 Å². The molecule has 0 spiro atoms. The van der Waals surface area contributed by atoms with Crippen LogP contribution in [0.15, 0.2) is 54.6 Å². The molecule has 2 unspecified atom stereocenters. The predicted molar refractivity (Wildman–Crippen MR) is 101 cm³/mol.